The number of fused-ring (bicyclic) bond motifs is 1. The number of amides is 1. The molecule has 3 aromatic rings. The molecule has 1 N–H and O–H groups in total. The fraction of sp³-hybridized carbons (Fsp3) is 0.111. The van der Waals surface area contributed by atoms with Gasteiger partial charge in [-0.3, -0.25) is 9.78 Å². The number of halogens is 3. The summed E-state index contributed by atoms with van der Waals surface area (Å²) in [5.74, 6) is -0.609. The molecular formula is C18H13ClF2N2O3. The number of benzene rings is 2. The zero-order valence-electron chi connectivity index (χ0n) is 13.5. The first-order valence-corrected chi connectivity index (χ1v) is 7.84. The zero-order chi connectivity index (χ0) is 18.7. The number of carbonyl (C=O) groups excluding carboxylic acids is 1. The molecule has 134 valence electrons. The van der Waals surface area contributed by atoms with Crippen LogP contribution < -0.4 is 14.8 Å². The topological polar surface area (TPSA) is 60.5 Å². The summed E-state index contributed by atoms with van der Waals surface area (Å²) >= 11 is 6.08. The lowest BCUT2D eigenvalue weighted by Gasteiger charge is -2.12. The van der Waals surface area contributed by atoms with Crippen molar-refractivity contribution in [2.24, 2.45) is 0 Å². The maximum Gasteiger partial charge on any atom is 0.387 e. The average Bonchev–Trinajstić information content (AvgIpc) is 2.61. The van der Waals surface area contributed by atoms with Crippen LogP contribution in [0.1, 0.15) is 10.4 Å². The molecule has 1 amide bonds. The minimum absolute atomic E-state index is 0.0204. The second-order valence-electron chi connectivity index (χ2n) is 5.23. The Hall–Kier alpha value is -2.93. The SMILES string of the molecule is COc1cc(C(=O)Nc2cc(Cl)cc3cccnc23)ccc1OC(F)F. The van der Waals surface area contributed by atoms with Crippen LogP contribution in [0.5, 0.6) is 11.5 Å². The highest BCUT2D eigenvalue weighted by molar-refractivity contribution is 6.32. The number of methoxy groups -OCH3 is 1. The molecule has 0 unspecified atom stereocenters. The maximum absolute atomic E-state index is 12.5. The standard InChI is InChI=1S/C18H13ClF2N2O3/c1-25-15-8-11(4-5-14(15)26-18(20)21)17(24)23-13-9-12(19)7-10-3-2-6-22-16(10)13/h2-9,18H,1H3,(H,23,24). The number of nitrogens with one attached hydrogen (secondary N) is 1. The van der Waals surface area contributed by atoms with Crippen molar-refractivity contribution in [2.75, 3.05) is 12.4 Å². The van der Waals surface area contributed by atoms with E-state index in [2.05, 4.69) is 15.0 Å². The van der Waals surface area contributed by atoms with Gasteiger partial charge in [-0.25, -0.2) is 0 Å². The van der Waals surface area contributed by atoms with E-state index in [0.717, 1.165) is 5.39 Å². The second kappa shape index (κ2) is 7.53. The lowest BCUT2D eigenvalue weighted by Crippen LogP contribution is -2.13. The summed E-state index contributed by atoms with van der Waals surface area (Å²) in [7, 11) is 1.30. The minimum Gasteiger partial charge on any atom is -0.493 e. The summed E-state index contributed by atoms with van der Waals surface area (Å²) in [5, 5.41) is 3.94. The number of pyridine rings is 1. The number of aromatic nitrogens is 1. The van der Waals surface area contributed by atoms with E-state index >= 15 is 0 Å². The molecular weight excluding hydrogens is 366 g/mol. The van der Waals surface area contributed by atoms with Gasteiger partial charge in [0.05, 0.1) is 18.3 Å². The predicted molar refractivity (Wildman–Crippen MR) is 94.3 cm³/mol. The first-order chi connectivity index (χ1) is 12.5. The van der Waals surface area contributed by atoms with Gasteiger partial charge in [-0.15, -0.1) is 0 Å². The third kappa shape index (κ3) is 3.83. The smallest absolute Gasteiger partial charge is 0.387 e. The molecule has 1 aromatic heterocycles. The largest absolute Gasteiger partial charge is 0.493 e. The van der Waals surface area contributed by atoms with E-state index in [1.54, 1.807) is 24.4 Å². The van der Waals surface area contributed by atoms with Gasteiger partial charge in [0.1, 0.15) is 0 Å². The Bertz CT molecular complexity index is 966. The van der Waals surface area contributed by atoms with Crippen LogP contribution in [0.2, 0.25) is 5.02 Å². The Morgan fingerprint density at radius 1 is 1.19 bits per heavy atom. The lowest BCUT2D eigenvalue weighted by molar-refractivity contribution is -0.0512. The van der Waals surface area contributed by atoms with Crippen LogP contribution in [-0.2, 0) is 0 Å². The van der Waals surface area contributed by atoms with Crippen LogP contribution >= 0.6 is 11.6 Å². The number of carbonyl (C=O) groups is 1. The molecule has 0 saturated carbocycles. The number of ether oxygens (including phenoxy) is 2. The maximum atomic E-state index is 12.5. The number of hydrogen-bond donors (Lipinski definition) is 1. The summed E-state index contributed by atoms with van der Waals surface area (Å²) in [5.41, 5.74) is 1.22. The Labute approximate surface area is 152 Å². The number of nitrogens with zero attached hydrogens (tertiary/aromatic N) is 1. The van der Waals surface area contributed by atoms with E-state index in [4.69, 9.17) is 16.3 Å². The summed E-state index contributed by atoms with van der Waals surface area (Å²) < 4.78 is 34.1. The van der Waals surface area contributed by atoms with Crippen molar-refractivity contribution in [3.8, 4) is 11.5 Å². The third-order valence-corrected chi connectivity index (χ3v) is 3.78. The van der Waals surface area contributed by atoms with Gasteiger partial charge in [0, 0.05) is 22.2 Å². The Morgan fingerprint density at radius 2 is 2.00 bits per heavy atom. The van der Waals surface area contributed by atoms with Crippen molar-refractivity contribution in [1.82, 2.24) is 4.98 Å². The van der Waals surface area contributed by atoms with Crippen LogP contribution in [0.15, 0.2) is 48.7 Å². The number of anilines is 1. The highest BCUT2D eigenvalue weighted by Gasteiger charge is 2.15. The van der Waals surface area contributed by atoms with E-state index in [-0.39, 0.29) is 17.1 Å². The molecule has 0 aliphatic carbocycles. The molecule has 1 heterocycles. The Morgan fingerprint density at radius 3 is 2.73 bits per heavy atom. The van der Waals surface area contributed by atoms with Gasteiger partial charge in [-0.05, 0) is 36.4 Å². The van der Waals surface area contributed by atoms with Crippen LogP contribution in [0.25, 0.3) is 10.9 Å². The summed E-state index contributed by atoms with van der Waals surface area (Å²) in [6, 6.07) is 10.8. The Kier molecular flexibility index (Phi) is 5.18. The van der Waals surface area contributed by atoms with E-state index in [1.165, 1.54) is 25.3 Å². The molecule has 0 bridgehead atoms. The van der Waals surface area contributed by atoms with Crippen molar-refractivity contribution < 1.29 is 23.0 Å². The van der Waals surface area contributed by atoms with Gasteiger partial charge in [0.25, 0.3) is 5.91 Å². The van der Waals surface area contributed by atoms with Gasteiger partial charge in [-0.2, -0.15) is 8.78 Å². The Balaban J connectivity index is 1.91. The molecule has 3 rings (SSSR count). The number of rotatable bonds is 5. The molecule has 0 fully saturated rings. The number of alkyl halides is 2. The normalized spacial score (nSPS) is 10.8. The van der Waals surface area contributed by atoms with Crippen molar-refractivity contribution >= 4 is 34.1 Å². The molecule has 0 radical (unpaired) electrons. The van der Waals surface area contributed by atoms with Gasteiger partial charge in [-0.1, -0.05) is 17.7 Å². The van der Waals surface area contributed by atoms with Crippen LogP contribution in [-0.4, -0.2) is 24.6 Å². The molecule has 0 spiro atoms. The molecule has 0 atom stereocenters. The average molecular weight is 379 g/mol. The molecule has 0 aliphatic rings. The fourth-order valence-electron chi connectivity index (χ4n) is 2.45. The van der Waals surface area contributed by atoms with Gasteiger partial charge in [0.2, 0.25) is 0 Å². The van der Waals surface area contributed by atoms with E-state index in [9.17, 15) is 13.6 Å². The van der Waals surface area contributed by atoms with Crippen molar-refractivity contribution in [2.45, 2.75) is 6.61 Å². The molecule has 5 nitrogen and oxygen atoms in total. The van der Waals surface area contributed by atoms with Crippen LogP contribution in [0.3, 0.4) is 0 Å². The summed E-state index contributed by atoms with van der Waals surface area (Å²) in [6.07, 6.45) is 1.60. The van der Waals surface area contributed by atoms with Gasteiger partial charge in [0.15, 0.2) is 11.5 Å². The predicted octanol–water partition coefficient (Wildman–Crippen LogP) is 4.75. The third-order valence-electron chi connectivity index (χ3n) is 3.56. The van der Waals surface area contributed by atoms with E-state index in [1.807, 2.05) is 6.07 Å². The highest BCUT2D eigenvalue weighted by Crippen LogP contribution is 2.31. The van der Waals surface area contributed by atoms with Gasteiger partial charge >= 0.3 is 6.61 Å². The summed E-state index contributed by atoms with van der Waals surface area (Å²) in [4.78, 5) is 16.8. The van der Waals surface area contributed by atoms with Gasteiger partial charge < -0.3 is 14.8 Å². The molecule has 0 aliphatic heterocycles. The van der Waals surface area contributed by atoms with Crippen LogP contribution in [0.4, 0.5) is 14.5 Å². The fourth-order valence-corrected chi connectivity index (χ4v) is 2.67. The lowest BCUT2D eigenvalue weighted by atomic mass is 10.1. The minimum atomic E-state index is -2.99. The van der Waals surface area contributed by atoms with E-state index in [0.29, 0.717) is 16.2 Å². The first-order valence-electron chi connectivity index (χ1n) is 7.46. The quantitative estimate of drug-likeness (QED) is 0.696. The first kappa shape index (κ1) is 17.9. The molecule has 0 saturated heterocycles. The van der Waals surface area contributed by atoms with Crippen molar-refractivity contribution in [3.63, 3.8) is 0 Å². The second-order valence-corrected chi connectivity index (χ2v) is 5.66. The molecule has 26 heavy (non-hydrogen) atoms. The van der Waals surface area contributed by atoms with E-state index < -0.39 is 12.5 Å². The van der Waals surface area contributed by atoms with Crippen LogP contribution in [0, 0.1) is 0 Å². The monoisotopic (exact) mass is 378 g/mol. The highest BCUT2D eigenvalue weighted by atomic mass is 35.5. The van der Waals surface area contributed by atoms with Crippen molar-refractivity contribution in [3.05, 3.63) is 59.2 Å². The molecule has 2 aromatic carbocycles. The zero-order valence-corrected chi connectivity index (χ0v) is 14.3. The number of hydrogen-bond acceptors (Lipinski definition) is 4. The summed E-state index contributed by atoms with van der Waals surface area (Å²) in [6.45, 7) is -2.99. The molecule has 8 heteroatoms. The van der Waals surface area contributed by atoms with Crippen molar-refractivity contribution in [1.29, 1.82) is 0 Å².